The molecule has 0 unspecified atom stereocenters. The third-order valence-electron chi connectivity index (χ3n) is 3.95. The molecule has 2 N–H and O–H groups in total. The molecule has 3 nitrogen and oxygen atoms in total. The maximum absolute atomic E-state index is 5.85. The maximum atomic E-state index is 5.85. The Morgan fingerprint density at radius 1 is 1.22 bits per heavy atom. The average Bonchev–Trinajstić information content (AvgIpc) is 3.23. The van der Waals surface area contributed by atoms with Crippen LogP contribution >= 0.6 is 0 Å². The maximum Gasteiger partial charge on any atom is 0.0569 e. The lowest BCUT2D eigenvalue weighted by Gasteiger charge is -2.24. The Kier molecular flexibility index (Phi) is 3.25. The topological polar surface area (TPSA) is 42.1 Å². The predicted molar refractivity (Wildman–Crippen MR) is 74.5 cm³/mol. The molecule has 0 aromatic carbocycles. The van der Waals surface area contributed by atoms with Gasteiger partial charge in [0.1, 0.15) is 0 Å². The zero-order valence-corrected chi connectivity index (χ0v) is 11.2. The van der Waals surface area contributed by atoms with Crippen molar-refractivity contribution in [3.05, 3.63) is 24.0 Å². The Labute approximate surface area is 109 Å². The van der Waals surface area contributed by atoms with Gasteiger partial charge in [-0.2, -0.15) is 0 Å². The number of hydrogen-bond donors (Lipinski definition) is 1. The van der Waals surface area contributed by atoms with Crippen molar-refractivity contribution in [2.75, 3.05) is 18.0 Å². The fourth-order valence-electron chi connectivity index (χ4n) is 2.36. The highest BCUT2D eigenvalue weighted by atomic mass is 15.1. The minimum Gasteiger partial charge on any atom is -0.370 e. The van der Waals surface area contributed by atoms with E-state index in [2.05, 4.69) is 22.0 Å². The fraction of sp³-hybridized carbons (Fsp3) is 0.667. The molecule has 18 heavy (non-hydrogen) atoms. The van der Waals surface area contributed by atoms with E-state index in [-0.39, 0.29) is 6.04 Å². The third kappa shape index (κ3) is 3.02. The lowest BCUT2D eigenvalue weighted by atomic mass is 10.2. The normalized spacial score (nSPS) is 20.8. The summed E-state index contributed by atoms with van der Waals surface area (Å²) in [6, 6.07) is 4.29. The molecule has 1 atom stereocenters. The van der Waals surface area contributed by atoms with E-state index >= 15 is 0 Å². The van der Waals surface area contributed by atoms with Crippen molar-refractivity contribution in [2.24, 2.45) is 17.6 Å². The quantitative estimate of drug-likeness (QED) is 0.838. The van der Waals surface area contributed by atoms with E-state index in [0.717, 1.165) is 17.5 Å². The molecule has 98 valence electrons. The van der Waals surface area contributed by atoms with Crippen LogP contribution in [0, 0.1) is 11.8 Å². The van der Waals surface area contributed by atoms with Crippen LogP contribution in [0.3, 0.4) is 0 Å². The highest BCUT2D eigenvalue weighted by Crippen LogP contribution is 2.35. The minimum absolute atomic E-state index is 0.0272. The zero-order chi connectivity index (χ0) is 12.5. The molecule has 3 heteroatoms. The molecule has 0 amide bonds. The van der Waals surface area contributed by atoms with Gasteiger partial charge in [-0.1, -0.05) is 0 Å². The van der Waals surface area contributed by atoms with E-state index in [0.29, 0.717) is 0 Å². The van der Waals surface area contributed by atoms with E-state index in [1.54, 1.807) is 0 Å². The average molecular weight is 245 g/mol. The van der Waals surface area contributed by atoms with E-state index in [9.17, 15) is 0 Å². The molecule has 2 saturated carbocycles. The molecule has 1 aromatic heterocycles. The lowest BCUT2D eigenvalue weighted by Crippen LogP contribution is -2.28. The van der Waals surface area contributed by atoms with Gasteiger partial charge in [-0.25, -0.2) is 0 Å². The first kappa shape index (κ1) is 12.0. The number of anilines is 1. The summed E-state index contributed by atoms with van der Waals surface area (Å²) in [5, 5.41) is 0. The highest BCUT2D eigenvalue weighted by molar-refractivity contribution is 5.45. The molecule has 2 aliphatic carbocycles. The molecule has 0 saturated heterocycles. The van der Waals surface area contributed by atoms with Gasteiger partial charge < -0.3 is 10.6 Å². The second-order valence-electron chi connectivity index (χ2n) is 6.02. The van der Waals surface area contributed by atoms with Gasteiger partial charge in [0, 0.05) is 19.1 Å². The van der Waals surface area contributed by atoms with Crippen molar-refractivity contribution in [1.29, 1.82) is 0 Å². The number of rotatable bonds is 6. The van der Waals surface area contributed by atoms with Crippen LogP contribution in [0.2, 0.25) is 0 Å². The molecular weight excluding hydrogens is 222 g/mol. The Morgan fingerprint density at radius 2 is 1.83 bits per heavy atom. The molecule has 0 spiro atoms. The molecular formula is C15H23N3. The van der Waals surface area contributed by atoms with Crippen LogP contribution in [0.15, 0.2) is 18.3 Å². The van der Waals surface area contributed by atoms with Crippen LogP contribution < -0.4 is 10.6 Å². The van der Waals surface area contributed by atoms with Crippen molar-refractivity contribution in [3.63, 3.8) is 0 Å². The van der Waals surface area contributed by atoms with Gasteiger partial charge in [-0.3, -0.25) is 4.98 Å². The molecule has 0 bridgehead atoms. The molecule has 0 aliphatic heterocycles. The summed E-state index contributed by atoms with van der Waals surface area (Å²) in [7, 11) is 0. The van der Waals surface area contributed by atoms with Crippen molar-refractivity contribution in [3.8, 4) is 0 Å². The van der Waals surface area contributed by atoms with Crippen LogP contribution in [-0.2, 0) is 0 Å². The fourth-order valence-corrected chi connectivity index (χ4v) is 2.36. The van der Waals surface area contributed by atoms with Crippen LogP contribution in [0.4, 0.5) is 5.69 Å². The minimum atomic E-state index is 0.0272. The van der Waals surface area contributed by atoms with Crippen molar-refractivity contribution >= 4 is 5.69 Å². The van der Waals surface area contributed by atoms with Gasteiger partial charge in [0.2, 0.25) is 0 Å². The summed E-state index contributed by atoms with van der Waals surface area (Å²) >= 11 is 0. The first-order valence-corrected chi connectivity index (χ1v) is 7.19. The Balaban J connectivity index is 1.70. The number of nitrogens with two attached hydrogens (primary N) is 1. The van der Waals surface area contributed by atoms with Crippen molar-refractivity contribution in [1.82, 2.24) is 4.98 Å². The van der Waals surface area contributed by atoms with Crippen molar-refractivity contribution in [2.45, 2.75) is 38.6 Å². The number of aromatic nitrogens is 1. The van der Waals surface area contributed by atoms with Gasteiger partial charge in [0.05, 0.1) is 17.6 Å². The Morgan fingerprint density at radius 3 is 2.22 bits per heavy atom. The first-order chi connectivity index (χ1) is 8.72. The summed E-state index contributed by atoms with van der Waals surface area (Å²) < 4.78 is 0. The summed E-state index contributed by atoms with van der Waals surface area (Å²) in [4.78, 5) is 7.02. The number of hydrogen-bond acceptors (Lipinski definition) is 3. The van der Waals surface area contributed by atoms with Gasteiger partial charge in [0.15, 0.2) is 0 Å². The number of pyridine rings is 1. The molecule has 0 radical (unpaired) electrons. The summed E-state index contributed by atoms with van der Waals surface area (Å²) in [6.45, 7) is 4.42. The summed E-state index contributed by atoms with van der Waals surface area (Å²) in [5.41, 5.74) is 8.10. The SMILES string of the molecule is C[C@H](N)c1ccc(N(CC2CC2)CC2CC2)cn1. The smallest absolute Gasteiger partial charge is 0.0569 e. The molecule has 3 rings (SSSR count). The van der Waals surface area contributed by atoms with Gasteiger partial charge in [-0.15, -0.1) is 0 Å². The third-order valence-corrected chi connectivity index (χ3v) is 3.95. The lowest BCUT2D eigenvalue weighted by molar-refractivity contribution is 0.677. The molecule has 1 aromatic rings. The van der Waals surface area contributed by atoms with E-state index in [1.807, 2.05) is 13.1 Å². The first-order valence-electron chi connectivity index (χ1n) is 7.19. The van der Waals surface area contributed by atoms with Crippen LogP contribution in [0.1, 0.15) is 44.3 Å². The predicted octanol–water partition coefficient (Wildman–Crippen LogP) is 2.73. The zero-order valence-electron chi connectivity index (χ0n) is 11.2. The molecule has 2 aliphatic rings. The number of nitrogens with zero attached hydrogens (tertiary/aromatic N) is 2. The second kappa shape index (κ2) is 4.88. The summed E-state index contributed by atoms with van der Waals surface area (Å²) in [5.74, 6) is 1.86. The van der Waals surface area contributed by atoms with Gasteiger partial charge in [-0.05, 0) is 56.6 Å². The highest BCUT2D eigenvalue weighted by Gasteiger charge is 2.29. The molecule has 2 fully saturated rings. The van der Waals surface area contributed by atoms with E-state index in [4.69, 9.17) is 5.73 Å². The van der Waals surface area contributed by atoms with Crippen LogP contribution in [-0.4, -0.2) is 18.1 Å². The van der Waals surface area contributed by atoms with E-state index in [1.165, 1.54) is 44.5 Å². The standard InChI is InChI=1S/C15H23N3/c1-11(16)15-7-6-14(8-17-15)18(9-12-2-3-12)10-13-4-5-13/h6-8,11-13H,2-5,9-10,16H2,1H3/t11-/m0/s1. The van der Waals surface area contributed by atoms with Gasteiger partial charge in [0.25, 0.3) is 0 Å². The van der Waals surface area contributed by atoms with Crippen LogP contribution in [0.5, 0.6) is 0 Å². The monoisotopic (exact) mass is 245 g/mol. The second-order valence-corrected chi connectivity index (χ2v) is 6.02. The van der Waals surface area contributed by atoms with Crippen molar-refractivity contribution < 1.29 is 0 Å². The summed E-state index contributed by atoms with van der Waals surface area (Å²) in [6.07, 6.45) is 7.64. The Bertz CT molecular complexity index is 377. The Hall–Kier alpha value is -1.09. The largest absolute Gasteiger partial charge is 0.370 e. The van der Waals surface area contributed by atoms with Gasteiger partial charge >= 0.3 is 0 Å². The van der Waals surface area contributed by atoms with Crippen LogP contribution in [0.25, 0.3) is 0 Å². The van der Waals surface area contributed by atoms with E-state index < -0.39 is 0 Å². The molecule has 1 heterocycles.